The van der Waals surface area contributed by atoms with Gasteiger partial charge in [0.15, 0.2) is 24.2 Å². The number of hydrogen-bond acceptors (Lipinski definition) is 7. The summed E-state index contributed by atoms with van der Waals surface area (Å²) < 4.78 is 34.6. The van der Waals surface area contributed by atoms with Crippen molar-refractivity contribution in [2.24, 2.45) is 0 Å². The van der Waals surface area contributed by atoms with Gasteiger partial charge in [0.2, 0.25) is 6.41 Å². The van der Waals surface area contributed by atoms with E-state index < -0.39 is 22.0 Å². The van der Waals surface area contributed by atoms with Crippen molar-refractivity contribution in [2.75, 3.05) is 20.0 Å². The number of hydrogen-bond donors (Lipinski definition) is 1. The average molecular weight is 653 g/mol. The number of aromatic nitrogens is 5. The molecule has 0 saturated heterocycles. The van der Waals surface area contributed by atoms with Crippen LogP contribution in [0.4, 0.5) is 4.39 Å². The standard InChI is InChI=1S/C32H45FN6O4Si2/c1-8-22-13-30(43-21-42-10-12-45(5,6)7)25(33)14-23(22)26-15-27-24(16-34-26)31(37-36-27)32-35-28-17-38(19-40)18-29(28)39(32)20-41-9-11-44(2,3)4/h13-16,19H,8-12,17-18,20-21H2,1-7H3,(H,36,37). The molecular formula is C32H45FN6O4Si2. The quantitative estimate of drug-likeness (QED) is 0.0662. The Morgan fingerprint density at radius 2 is 1.76 bits per heavy atom. The molecule has 13 heteroatoms. The van der Waals surface area contributed by atoms with Gasteiger partial charge in [0.05, 0.1) is 35.7 Å². The van der Waals surface area contributed by atoms with Crippen molar-refractivity contribution in [1.29, 1.82) is 0 Å². The second kappa shape index (κ2) is 13.5. The number of ether oxygens (including phenoxy) is 3. The van der Waals surface area contributed by atoms with Gasteiger partial charge < -0.3 is 23.7 Å². The van der Waals surface area contributed by atoms with Crippen molar-refractivity contribution in [3.8, 4) is 28.5 Å². The van der Waals surface area contributed by atoms with Crippen LogP contribution in [0.15, 0.2) is 24.4 Å². The molecule has 10 nitrogen and oxygen atoms in total. The number of amides is 1. The molecule has 0 unspecified atom stereocenters. The molecule has 0 aliphatic carbocycles. The number of carbonyl (C=O) groups is 1. The monoisotopic (exact) mass is 652 g/mol. The first-order valence-electron chi connectivity index (χ1n) is 15.6. The molecule has 0 fully saturated rings. The average Bonchev–Trinajstić information content (AvgIpc) is 3.67. The lowest BCUT2D eigenvalue weighted by molar-refractivity contribution is -0.118. The molecule has 0 saturated carbocycles. The summed E-state index contributed by atoms with van der Waals surface area (Å²) in [7, 11) is -2.45. The molecule has 1 amide bonds. The number of H-pyrrole nitrogens is 1. The minimum atomic E-state index is -1.25. The summed E-state index contributed by atoms with van der Waals surface area (Å²) in [4.78, 5) is 22.8. The number of nitrogens with zero attached hydrogens (tertiary/aromatic N) is 5. The Balaban J connectivity index is 1.38. The fraction of sp³-hybridized carbons (Fsp3) is 0.500. The molecule has 5 rings (SSSR count). The van der Waals surface area contributed by atoms with E-state index in [1.165, 1.54) is 6.07 Å². The van der Waals surface area contributed by atoms with E-state index in [0.29, 0.717) is 62.2 Å². The van der Waals surface area contributed by atoms with Crippen LogP contribution in [0.1, 0.15) is 23.9 Å². The molecule has 1 aromatic carbocycles. The van der Waals surface area contributed by atoms with Gasteiger partial charge in [-0.2, -0.15) is 5.10 Å². The van der Waals surface area contributed by atoms with Gasteiger partial charge >= 0.3 is 0 Å². The highest BCUT2D eigenvalue weighted by molar-refractivity contribution is 6.76. The van der Waals surface area contributed by atoms with E-state index in [0.717, 1.165) is 46.4 Å². The second-order valence-electron chi connectivity index (χ2n) is 14.1. The Morgan fingerprint density at radius 1 is 1.02 bits per heavy atom. The number of pyridine rings is 1. The minimum Gasteiger partial charge on any atom is -0.464 e. The number of nitrogens with one attached hydrogen (secondary N) is 1. The van der Waals surface area contributed by atoms with Gasteiger partial charge in [-0.1, -0.05) is 46.2 Å². The predicted molar refractivity (Wildman–Crippen MR) is 179 cm³/mol. The van der Waals surface area contributed by atoms with Crippen LogP contribution in [0.25, 0.3) is 33.7 Å². The molecule has 0 spiro atoms. The number of aromatic amines is 1. The van der Waals surface area contributed by atoms with E-state index in [2.05, 4.69) is 49.5 Å². The highest BCUT2D eigenvalue weighted by Crippen LogP contribution is 2.34. The van der Waals surface area contributed by atoms with Gasteiger partial charge in [-0.15, -0.1) is 0 Å². The Labute approximate surface area is 266 Å². The topological polar surface area (TPSA) is 107 Å². The number of fused-ring (bicyclic) bond motifs is 2. The Kier molecular flexibility index (Phi) is 9.92. The third-order valence-corrected chi connectivity index (χ3v) is 11.4. The summed E-state index contributed by atoms with van der Waals surface area (Å²) in [5, 5.41) is 8.56. The highest BCUT2D eigenvalue weighted by atomic mass is 28.3. The molecule has 3 aromatic heterocycles. The molecule has 1 aliphatic rings. The van der Waals surface area contributed by atoms with Crippen molar-refractivity contribution in [3.05, 3.63) is 47.2 Å². The first-order valence-corrected chi connectivity index (χ1v) is 23.0. The van der Waals surface area contributed by atoms with E-state index in [4.69, 9.17) is 24.2 Å². The molecule has 1 N–H and O–H groups in total. The van der Waals surface area contributed by atoms with Gasteiger partial charge in [0.1, 0.15) is 12.4 Å². The van der Waals surface area contributed by atoms with Crippen LogP contribution in [-0.2, 0) is 40.5 Å². The van der Waals surface area contributed by atoms with Gasteiger partial charge in [-0.3, -0.25) is 14.9 Å². The summed E-state index contributed by atoms with van der Waals surface area (Å²) >= 11 is 0. The largest absolute Gasteiger partial charge is 0.464 e. The zero-order chi connectivity index (χ0) is 32.4. The first-order chi connectivity index (χ1) is 21.4. The summed E-state index contributed by atoms with van der Waals surface area (Å²) in [5.74, 6) is 0.389. The van der Waals surface area contributed by atoms with Crippen molar-refractivity contribution < 1.29 is 23.4 Å². The smallest absolute Gasteiger partial charge is 0.210 e. The van der Waals surface area contributed by atoms with E-state index >= 15 is 4.39 Å². The molecule has 0 bridgehead atoms. The molecule has 1 aliphatic heterocycles. The van der Waals surface area contributed by atoms with E-state index in [1.807, 2.05) is 17.6 Å². The van der Waals surface area contributed by atoms with Crippen molar-refractivity contribution >= 4 is 33.5 Å². The SMILES string of the molecule is CCc1cc(OCOCC[Si](C)(C)C)c(F)cc1-c1cc2[nH]nc(-c3nc4c(n3COCC[Si](C)(C)C)CN(C=O)C4)c2cn1. The molecule has 4 aromatic rings. The van der Waals surface area contributed by atoms with Crippen LogP contribution in [0.3, 0.4) is 0 Å². The normalized spacial score (nSPS) is 13.6. The summed E-state index contributed by atoms with van der Waals surface area (Å²) in [6.07, 6.45) is 3.28. The fourth-order valence-electron chi connectivity index (χ4n) is 5.22. The zero-order valence-corrected chi connectivity index (χ0v) is 29.5. The summed E-state index contributed by atoms with van der Waals surface area (Å²) in [6.45, 7) is 18.4. The number of halogens is 1. The second-order valence-corrected chi connectivity index (χ2v) is 25.3. The maximum Gasteiger partial charge on any atom is 0.210 e. The molecule has 242 valence electrons. The Bertz CT molecular complexity index is 1660. The number of rotatable bonds is 15. The van der Waals surface area contributed by atoms with Crippen LogP contribution in [0.5, 0.6) is 5.75 Å². The van der Waals surface area contributed by atoms with Crippen molar-refractivity contribution in [2.45, 2.75) is 84.5 Å². The predicted octanol–water partition coefficient (Wildman–Crippen LogP) is 6.67. The molecular weight excluding hydrogens is 608 g/mol. The van der Waals surface area contributed by atoms with Gasteiger partial charge in [0, 0.05) is 46.5 Å². The van der Waals surface area contributed by atoms with Crippen LogP contribution >= 0.6 is 0 Å². The summed E-state index contributed by atoms with van der Waals surface area (Å²) in [6, 6.07) is 7.18. The summed E-state index contributed by atoms with van der Waals surface area (Å²) in [5.41, 5.74) is 5.47. The van der Waals surface area contributed by atoms with Gasteiger partial charge in [-0.25, -0.2) is 9.37 Å². The van der Waals surface area contributed by atoms with E-state index in [9.17, 15) is 4.79 Å². The number of imidazole rings is 1. The lowest BCUT2D eigenvalue weighted by Gasteiger charge is -2.17. The molecule has 45 heavy (non-hydrogen) atoms. The maximum absolute atomic E-state index is 15.2. The van der Waals surface area contributed by atoms with Crippen LogP contribution < -0.4 is 4.74 Å². The number of carbonyl (C=O) groups excluding carboxylic acids is 1. The molecule has 0 atom stereocenters. The third kappa shape index (κ3) is 7.88. The lowest BCUT2D eigenvalue weighted by atomic mass is 10.0. The van der Waals surface area contributed by atoms with Crippen molar-refractivity contribution in [3.63, 3.8) is 0 Å². The highest BCUT2D eigenvalue weighted by Gasteiger charge is 2.29. The van der Waals surface area contributed by atoms with Crippen LogP contribution in [0, 0.1) is 5.82 Å². The number of aryl methyl sites for hydroxylation is 1. The first kappa shape index (κ1) is 33.0. The Hall–Kier alpha value is -3.40. The third-order valence-electron chi connectivity index (χ3n) is 7.99. The van der Waals surface area contributed by atoms with E-state index in [-0.39, 0.29) is 12.5 Å². The molecule has 0 radical (unpaired) electrons. The van der Waals surface area contributed by atoms with Crippen molar-refractivity contribution in [1.82, 2.24) is 29.6 Å². The van der Waals surface area contributed by atoms with Gasteiger partial charge in [0.25, 0.3) is 0 Å². The maximum atomic E-state index is 15.2. The van der Waals surface area contributed by atoms with Crippen LogP contribution in [-0.4, -0.2) is 72.2 Å². The van der Waals surface area contributed by atoms with E-state index in [1.54, 1.807) is 17.2 Å². The number of benzene rings is 1. The molecule has 4 heterocycles. The lowest BCUT2D eigenvalue weighted by Crippen LogP contribution is -2.22. The fourth-order valence-corrected chi connectivity index (χ4v) is 6.73. The van der Waals surface area contributed by atoms with Gasteiger partial charge in [-0.05, 0) is 42.3 Å². The zero-order valence-electron chi connectivity index (χ0n) is 27.5. The van der Waals surface area contributed by atoms with Crippen LogP contribution in [0.2, 0.25) is 51.4 Å². The Morgan fingerprint density at radius 3 is 2.44 bits per heavy atom. The minimum absolute atomic E-state index is 0.0146.